The number of carbonyl (C=O) groups is 2. The number of carbonyl (C=O) groups excluding carboxylic acids is 1. The van der Waals surface area contributed by atoms with Gasteiger partial charge in [0.05, 0.1) is 5.92 Å². The molecule has 1 aromatic rings. The number of carboxylic acid groups (broad SMARTS) is 1. The van der Waals surface area contributed by atoms with Gasteiger partial charge in [0.1, 0.15) is 0 Å². The van der Waals surface area contributed by atoms with Gasteiger partial charge >= 0.3 is 5.97 Å². The number of nitrogens with zero attached hydrogens (tertiary/aromatic N) is 1. The van der Waals surface area contributed by atoms with Crippen molar-refractivity contribution in [1.29, 1.82) is 0 Å². The summed E-state index contributed by atoms with van der Waals surface area (Å²) in [4.78, 5) is 25.6. The lowest BCUT2D eigenvalue weighted by Crippen LogP contribution is -2.34. The second-order valence-electron chi connectivity index (χ2n) is 5.87. The number of aryl methyl sites for hydroxylation is 1. The largest absolute Gasteiger partial charge is 0.481 e. The first-order chi connectivity index (χ1) is 9.58. The minimum atomic E-state index is -0.765. The van der Waals surface area contributed by atoms with Gasteiger partial charge in [-0.15, -0.1) is 0 Å². The van der Waals surface area contributed by atoms with Crippen molar-refractivity contribution in [2.45, 2.75) is 32.6 Å². The Labute approximate surface area is 118 Å². The van der Waals surface area contributed by atoms with Crippen LogP contribution in [0.15, 0.2) is 18.2 Å². The standard InChI is InChI=1S/C16H19NO3/c1-10-3-2-4-11-7-8-17(14(10)11)15(18)12-5-6-13(9-12)16(19)20/h2-4,12-13H,5-9H2,1H3,(H,19,20)/t12-,13+/m1/s1. The highest BCUT2D eigenvalue weighted by atomic mass is 16.4. The minimum absolute atomic E-state index is 0.113. The van der Waals surface area contributed by atoms with E-state index < -0.39 is 5.97 Å². The zero-order valence-corrected chi connectivity index (χ0v) is 11.6. The lowest BCUT2D eigenvalue weighted by Gasteiger charge is -2.22. The van der Waals surface area contributed by atoms with Crippen LogP contribution in [0, 0.1) is 18.8 Å². The minimum Gasteiger partial charge on any atom is -0.481 e. The number of hydrogen-bond donors (Lipinski definition) is 1. The Morgan fingerprint density at radius 3 is 2.70 bits per heavy atom. The van der Waals surface area contributed by atoms with E-state index in [0.717, 1.165) is 24.2 Å². The molecule has 3 rings (SSSR count). The van der Waals surface area contributed by atoms with Crippen molar-refractivity contribution in [2.24, 2.45) is 11.8 Å². The van der Waals surface area contributed by atoms with Gasteiger partial charge in [-0.05, 0) is 43.7 Å². The molecule has 4 nitrogen and oxygen atoms in total. The van der Waals surface area contributed by atoms with Crippen LogP contribution < -0.4 is 4.90 Å². The number of fused-ring (bicyclic) bond motifs is 1. The lowest BCUT2D eigenvalue weighted by molar-refractivity contribution is -0.141. The zero-order valence-electron chi connectivity index (χ0n) is 11.6. The van der Waals surface area contributed by atoms with Gasteiger partial charge in [0, 0.05) is 18.2 Å². The van der Waals surface area contributed by atoms with Crippen molar-refractivity contribution in [3.63, 3.8) is 0 Å². The Hall–Kier alpha value is -1.84. The fourth-order valence-electron chi connectivity index (χ4n) is 3.52. The summed E-state index contributed by atoms with van der Waals surface area (Å²) in [5.74, 6) is -1.12. The molecular weight excluding hydrogens is 254 g/mol. The molecule has 2 atom stereocenters. The van der Waals surface area contributed by atoms with E-state index in [0.29, 0.717) is 19.3 Å². The maximum atomic E-state index is 12.7. The van der Waals surface area contributed by atoms with Gasteiger partial charge in [0.15, 0.2) is 0 Å². The highest BCUT2D eigenvalue weighted by Crippen LogP contribution is 2.37. The number of amides is 1. The summed E-state index contributed by atoms with van der Waals surface area (Å²) in [5, 5.41) is 9.06. The molecule has 0 aromatic heterocycles. The van der Waals surface area contributed by atoms with E-state index in [2.05, 4.69) is 6.07 Å². The highest BCUT2D eigenvalue weighted by molar-refractivity contribution is 5.98. The molecule has 1 heterocycles. The molecule has 0 radical (unpaired) electrons. The Morgan fingerprint density at radius 2 is 2.00 bits per heavy atom. The number of rotatable bonds is 2. The Balaban J connectivity index is 1.79. The maximum absolute atomic E-state index is 12.7. The van der Waals surface area contributed by atoms with Crippen molar-refractivity contribution in [3.8, 4) is 0 Å². The van der Waals surface area contributed by atoms with E-state index in [9.17, 15) is 9.59 Å². The van der Waals surface area contributed by atoms with Gasteiger partial charge in [-0.2, -0.15) is 0 Å². The number of anilines is 1. The SMILES string of the molecule is Cc1cccc2c1N(C(=O)[C@@H]1CC[C@H](C(=O)O)C1)CC2. The molecule has 4 heteroatoms. The van der Waals surface area contributed by atoms with E-state index >= 15 is 0 Å². The third-order valence-corrected chi connectivity index (χ3v) is 4.59. The Morgan fingerprint density at radius 1 is 1.25 bits per heavy atom. The van der Waals surface area contributed by atoms with E-state index in [1.807, 2.05) is 24.0 Å². The molecule has 1 saturated carbocycles. The average molecular weight is 273 g/mol. The van der Waals surface area contributed by atoms with Crippen molar-refractivity contribution >= 4 is 17.6 Å². The molecule has 0 spiro atoms. The highest BCUT2D eigenvalue weighted by Gasteiger charge is 2.38. The van der Waals surface area contributed by atoms with Crippen LogP contribution in [0.1, 0.15) is 30.4 Å². The van der Waals surface area contributed by atoms with Gasteiger partial charge in [0.2, 0.25) is 5.91 Å². The molecule has 2 aliphatic rings. The first kappa shape index (κ1) is 13.2. The molecule has 1 aliphatic heterocycles. The predicted octanol–water partition coefficient (Wildman–Crippen LogP) is 2.39. The van der Waals surface area contributed by atoms with Gasteiger partial charge < -0.3 is 10.0 Å². The molecule has 0 unspecified atom stereocenters. The van der Waals surface area contributed by atoms with Gasteiger partial charge in [-0.25, -0.2) is 0 Å². The molecule has 0 bridgehead atoms. The topological polar surface area (TPSA) is 57.6 Å². The van der Waals surface area contributed by atoms with Crippen molar-refractivity contribution in [1.82, 2.24) is 0 Å². The first-order valence-corrected chi connectivity index (χ1v) is 7.20. The number of aliphatic carboxylic acids is 1. The third-order valence-electron chi connectivity index (χ3n) is 4.59. The summed E-state index contributed by atoms with van der Waals surface area (Å²) >= 11 is 0. The van der Waals surface area contributed by atoms with Crippen molar-refractivity contribution < 1.29 is 14.7 Å². The lowest BCUT2D eigenvalue weighted by atomic mass is 10.0. The van der Waals surface area contributed by atoms with Crippen LogP contribution in [-0.4, -0.2) is 23.5 Å². The number of para-hydroxylation sites is 1. The molecule has 1 amide bonds. The summed E-state index contributed by atoms with van der Waals surface area (Å²) in [6.45, 7) is 2.76. The molecule has 20 heavy (non-hydrogen) atoms. The van der Waals surface area contributed by atoms with Gasteiger partial charge in [0.25, 0.3) is 0 Å². The molecule has 106 valence electrons. The smallest absolute Gasteiger partial charge is 0.306 e. The van der Waals surface area contributed by atoms with E-state index in [-0.39, 0.29) is 17.7 Å². The normalized spacial score (nSPS) is 24.8. The average Bonchev–Trinajstić information content (AvgIpc) is 3.05. The van der Waals surface area contributed by atoms with Crippen LogP contribution in [0.2, 0.25) is 0 Å². The van der Waals surface area contributed by atoms with E-state index in [1.165, 1.54) is 5.56 Å². The van der Waals surface area contributed by atoms with Gasteiger partial charge in [-0.1, -0.05) is 18.2 Å². The van der Waals surface area contributed by atoms with Crippen molar-refractivity contribution in [2.75, 3.05) is 11.4 Å². The summed E-state index contributed by atoms with van der Waals surface area (Å²) in [6, 6.07) is 6.13. The molecule has 1 aromatic carbocycles. The fraction of sp³-hybridized carbons (Fsp3) is 0.500. The van der Waals surface area contributed by atoms with E-state index in [1.54, 1.807) is 0 Å². The van der Waals surface area contributed by atoms with Crippen molar-refractivity contribution in [3.05, 3.63) is 29.3 Å². The fourth-order valence-corrected chi connectivity index (χ4v) is 3.52. The Bertz CT molecular complexity index is 567. The van der Waals surface area contributed by atoms with Crippen LogP contribution >= 0.6 is 0 Å². The van der Waals surface area contributed by atoms with Crippen LogP contribution in [0.3, 0.4) is 0 Å². The molecule has 1 aliphatic carbocycles. The van der Waals surface area contributed by atoms with Crippen LogP contribution in [-0.2, 0) is 16.0 Å². The third kappa shape index (κ3) is 2.09. The second kappa shape index (κ2) is 4.93. The van der Waals surface area contributed by atoms with Gasteiger partial charge in [-0.3, -0.25) is 9.59 Å². The van der Waals surface area contributed by atoms with Crippen LogP contribution in [0.5, 0.6) is 0 Å². The Kier molecular flexibility index (Phi) is 3.24. The first-order valence-electron chi connectivity index (χ1n) is 7.20. The number of benzene rings is 1. The number of hydrogen-bond acceptors (Lipinski definition) is 2. The molecule has 1 N–H and O–H groups in total. The molecular formula is C16H19NO3. The summed E-state index contributed by atoms with van der Waals surface area (Å²) < 4.78 is 0. The number of carboxylic acids is 1. The van der Waals surface area contributed by atoms with E-state index in [4.69, 9.17) is 5.11 Å². The monoisotopic (exact) mass is 273 g/mol. The maximum Gasteiger partial charge on any atom is 0.306 e. The molecule has 1 fully saturated rings. The summed E-state index contributed by atoms with van der Waals surface area (Å²) in [6.07, 6.45) is 2.72. The second-order valence-corrected chi connectivity index (χ2v) is 5.87. The summed E-state index contributed by atoms with van der Waals surface area (Å²) in [7, 11) is 0. The zero-order chi connectivity index (χ0) is 14.3. The molecule has 0 saturated heterocycles. The summed E-state index contributed by atoms with van der Waals surface area (Å²) in [5.41, 5.74) is 3.41. The van der Waals surface area contributed by atoms with Crippen LogP contribution in [0.4, 0.5) is 5.69 Å². The predicted molar refractivity (Wildman–Crippen MR) is 75.7 cm³/mol. The quantitative estimate of drug-likeness (QED) is 0.900. The van der Waals surface area contributed by atoms with Crippen LogP contribution in [0.25, 0.3) is 0 Å².